The Morgan fingerprint density at radius 2 is 1.86 bits per heavy atom. The summed E-state index contributed by atoms with van der Waals surface area (Å²) in [5, 5.41) is 9.90. The maximum atomic E-state index is 12.0. The number of carbonyl (C=O) groups excluding carboxylic acids is 1. The van der Waals surface area contributed by atoms with Crippen LogP contribution in [0.25, 0.3) is 0 Å². The Morgan fingerprint density at radius 1 is 1.19 bits per heavy atom. The Morgan fingerprint density at radius 3 is 2.43 bits per heavy atom. The molecule has 110 valence electrons. The van der Waals surface area contributed by atoms with E-state index in [0.717, 1.165) is 5.56 Å². The summed E-state index contributed by atoms with van der Waals surface area (Å²) in [5.41, 5.74) is -0.737. The minimum atomic E-state index is -0.783. The summed E-state index contributed by atoms with van der Waals surface area (Å²) in [6.45, 7) is 1.74. The fraction of sp³-hybridized carbons (Fsp3) is 0.267. The molecule has 0 aliphatic heterocycles. The van der Waals surface area contributed by atoms with E-state index in [1.54, 1.807) is 31.2 Å². The topological polar surface area (TPSA) is 103 Å². The number of H-pyrrole nitrogens is 2. The van der Waals surface area contributed by atoms with Crippen LogP contribution in [0.3, 0.4) is 0 Å². The second-order valence-electron chi connectivity index (χ2n) is 4.73. The number of rotatable bonds is 5. The summed E-state index contributed by atoms with van der Waals surface area (Å²) < 4.78 is 0. The van der Waals surface area contributed by atoms with Gasteiger partial charge in [-0.05, 0) is 5.56 Å². The minimum absolute atomic E-state index is 0.00241. The number of aromatic nitrogens is 2. The zero-order valence-corrected chi connectivity index (χ0v) is 11.6. The molecule has 0 amide bonds. The van der Waals surface area contributed by atoms with Gasteiger partial charge in [0.2, 0.25) is 5.88 Å². The van der Waals surface area contributed by atoms with Crippen molar-refractivity contribution in [2.24, 2.45) is 0 Å². The van der Waals surface area contributed by atoms with Crippen molar-refractivity contribution in [3.05, 3.63) is 62.3 Å². The molecule has 1 heterocycles. The lowest BCUT2D eigenvalue weighted by Crippen LogP contribution is -2.27. The Hall–Kier alpha value is -2.63. The number of nitrogens with one attached hydrogen (secondary N) is 2. The number of aromatic hydroxyl groups is 1. The van der Waals surface area contributed by atoms with Crippen LogP contribution in [-0.2, 0) is 4.79 Å². The van der Waals surface area contributed by atoms with Gasteiger partial charge in [0, 0.05) is 18.8 Å². The van der Waals surface area contributed by atoms with Crippen molar-refractivity contribution in [1.82, 2.24) is 9.97 Å². The largest absolute Gasteiger partial charge is 0.494 e. The number of Topliss-reactive ketones (excluding diaryl/α,β-unsaturated/α-hetero) is 1. The number of benzene rings is 1. The average Bonchev–Trinajstić information content (AvgIpc) is 2.46. The Kier molecular flexibility index (Phi) is 4.37. The van der Waals surface area contributed by atoms with Crippen LogP contribution in [0.1, 0.15) is 36.8 Å². The van der Waals surface area contributed by atoms with Crippen LogP contribution in [0.2, 0.25) is 0 Å². The molecular weight excluding hydrogens is 272 g/mol. The van der Waals surface area contributed by atoms with Gasteiger partial charge in [0.1, 0.15) is 5.78 Å². The van der Waals surface area contributed by atoms with Crippen LogP contribution in [-0.4, -0.2) is 20.9 Å². The van der Waals surface area contributed by atoms with Crippen molar-refractivity contribution in [1.29, 1.82) is 0 Å². The summed E-state index contributed by atoms with van der Waals surface area (Å²) in [5.74, 6) is -1.13. The number of carbonyl (C=O) groups is 1. The molecule has 1 aromatic heterocycles. The van der Waals surface area contributed by atoms with Crippen LogP contribution in [0.4, 0.5) is 0 Å². The van der Waals surface area contributed by atoms with E-state index < -0.39 is 23.0 Å². The molecule has 1 aromatic carbocycles. The summed E-state index contributed by atoms with van der Waals surface area (Å²) in [7, 11) is 0. The van der Waals surface area contributed by atoms with E-state index >= 15 is 0 Å². The van der Waals surface area contributed by atoms with Gasteiger partial charge in [-0.15, -0.1) is 0 Å². The molecular formula is C15H16N2O4. The minimum Gasteiger partial charge on any atom is -0.494 e. The monoisotopic (exact) mass is 288 g/mol. The molecule has 6 heteroatoms. The second kappa shape index (κ2) is 6.21. The number of aromatic amines is 2. The highest BCUT2D eigenvalue weighted by Gasteiger charge is 2.24. The van der Waals surface area contributed by atoms with E-state index in [1.165, 1.54) is 0 Å². The zero-order valence-electron chi connectivity index (χ0n) is 11.6. The van der Waals surface area contributed by atoms with Gasteiger partial charge in [-0.1, -0.05) is 37.3 Å². The number of hydrogen-bond donors (Lipinski definition) is 3. The van der Waals surface area contributed by atoms with Gasteiger partial charge in [0.15, 0.2) is 0 Å². The molecule has 0 radical (unpaired) electrons. The normalized spacial score (nSPS) is 12.0. The molecule has 6 nitrogen and oxygen atoms in total. The molecule has 0 bridgehead atoms. The summed E-state index contributed by atoms with van der Waals surface area (Å²) in [4.78, 5) is 39.2. The van der Waals surface area contributed by atoms with Gasteiger partial charge in [0.05, 0.1) is 5.56 Å². The Bertz CT molecular complexity index is 746. The van der Waals surface area contributed by atoms with Crippen LogP contribution in [0.5, 0.6) is 5.88 Å². The molecule has 0 saturated carbocycles. The zero-order chi connectivity index (χ0) is 15.4. The second-order valence-corrected chi connectivity index (χ2v) is 4.73. The van der Waals surface area contributed by atoms with Crippen molar-refractivity contribution < 1.29 is 9.90 Å². The third-order valence-corrected chi connectivity index (χ3v) is 3.34. The van der Waals surface area contributed by atoms with E-state index in [1.807, 2.05) is 6.07 Å². The van der Waals surface area contributed by atoms with Crippen LogP contribution in [0, 0.1) is 0 Å². The summed E-state index contributed by atoms with van der Waals surface area (Å²) in [6, 6.07) is 8.94. The predicted molar refractivity (Wildman–Crippen MR) is 77.5 cm³/mol. The van der Waals surface area contributed by atoms with Crippen LogP contribution >= 0.6 is 0 Å². The lowest BCUT2D eigenvalue weighted by atomic mass is 9.87. The lowest BCUT2D eigenvalue weighted by molar-refractivity contribution is -0.118. The van der Waals surface area contributed by atoms with E-state index in [-0.39, 0.29) is 17.8 Å². The summed E-state index contributed by atoms with van der Waals surface area (Å²) >= 11 is 0. The van der Waals surface area contributed by atoms with Crippen LogP contribution < -0.4 is 11.2 Å². The molecule has 0 saturated heterocycles. The van der Waals surface area contributed by atoms with E-state index in [0.29, 0.717) is 6.42 Å². The van der Waals surface area contributed by atoms with Crippen molar-refractivity contribution in [3.63, 3.8) is 0 Å². The van der Waals surface area contributed by atoms with Gasteiger partial charge in [-0.3, -0.25) is 19.6 Å². The van der Waals surface area contributed by atoms with Gasteiger partial charge < -0.3 is 5.11 Å². The maximum Gasteiger partial charge on any atom is 0.328 e. The van der Waals surface area contributed by atoms with Crippen molar-refractivity contribution >= 4 is 5.78 Å². The first-order chi connectivity index (χ1) is 10.0. The maximum absolute atomic E-state index is 12.0. The van der Waals surface area contributed by atoms with Gasteiger partial charge >= 0.3 is 5.69 Å². The van der Waals surface area contributed by atoms with Crippen LogP contribution in [0.15, 0.2) is 39.9 Å². The molecule has 2 rings (SSSR count). The first kappa shape index (κ1) is 14.8. The van der Waals surface area contributed by atoms with Gasteiger partial charge in [0.25, 0.3) is 5.56 Å². The Balaban J connectivity index is 2.58. The molecule has 0 aliphatic rings. The first-order valence-electron chi connectivity index (χ1n) is 6.65. The first-order valence-corrected chi connectivity index (χ1v) is 6.65. The smallest absolute Gasteiger partial charge is 0.328 e. The quantitative estimate of drug-likeness (QED) is 0.770. The average molecular weight is 288 g/mol. The van der Waals surface area contributed by atoms with Crippen molar-refractivity contribution in [3.8, 4) is 5.88 Å². The molecule has 1 atom stereocenters. The highest BCUT2D eigenvalue weighted by atomic mass is 16.3. The van der Waals surface area contributed by atoms with Crippen molar-refractivity contribution in [2.45, 2.75) is 25.7 Å². The third kappa shape index (κ3) is 3.28. The van der Waals surface area contributed by atoms with Gasteiger partial charge in [-0.2, -0.15) is 0 Å². The molecule has 21 heavy (non-hydrogen) atoms. The van der Waals surface area contributed by atoms with E-state index in [2.05, 4.69) is 9.97 Å². The SMILES string of the molecule is CCC(=O)C[C@@H](c1ccccc1)c1c(O)[nH]c(=O)[nH]c1=O. The Labute approximate surface area is 120 Å². The number of ketones is 1. The molecule has 3 N–H and O–H groups in total. The molecule has 2 aromatic rings. The third-order valence-electron chi connectivity index (χ3n) is 3.34. The fourth-order valence-corrected chi connectivity index (χ4v) is 2.25. The highest BCUT2D eigenvalue weighted by molar-refractivity contribution is 5.79. The predicted octanol–water partition coefficient (Wildman–Crippen LogP) is 1.27. The van der Waals surface area contributed by atoms with E-state index in [9.17, 15) is 19.5 Å². The molecule has 0 fully saturated rings. The highest BCUT2D eigenvalue weighted by Crippen LogP contribution is 2.30. The standard InChI is InChI=1S/C15H16N2O4/c1-2-10(18)8-11(9-6-4-3-5-7-9)12-13(19)16-15(21)17-14(12)20/h3-7,11H,2,8H2,1H3,(H3,16,17,19,20,21)/t11-/m0/s1. The van der Waals surface area contributed by atoms with E-state index in [4.69, 9.17) is 0 Å². The fourth-order valence-electron chi connectivity index (χ4n) is 2.25. The lowest BCUT2D eigenvalue weighted by Gasteiger charge is -2.16. The molecule has 0 aliphatic carbocycles. The van der Waals surface area contributed by atoms with Crippen molar-refractivity contribution in [2.75, 3.05) is 0 Å². The van der Waals surface area contributed by atoms with Gasteiger partial charge in [-0.25, -0.2) is 4.79 Å². The molecule has 0 unspecified atom stereocenters. The summed E-state index contributed by atoms with van der Waals surface area (Å²) in [6.07, 6.45) is 0.425. The number of hydrogen-bond acceptors (Lipinski definition) is 4. The molecule has 0 spiro atoms.